The molecule has 2 aliphatic rings. The van der Waals surface area contributed by atoms with E-state index in [-0.39, 0.29) is 0 Å². The third-order valence-electron chi connectivity index (χ3n) is 3.34. The molecule has 0 aromatic rings. The molecule has 1 heterocycles. The standard InChI is InChI=1S/C10H19NO3S/c1-10(12)4-6-11(7-5-10)15(13,14)8-9-2-3-9/h9,12H,2-8H2,1H3. The van der Waals surface area contributed by atoms with Crippen LogP contribution in [0.2, 0.25) is 0 Å². The van der Waals surface area contributed by atoms with Crippen LogP contribution in [-0.4, -0.2) is 42.3 Å². The van der Waals surface area contributed by atoms with Crippen molar-refractivity contribution in [3.63, 3.8) is 0 Å². The van der Waals surface area contributed by atoms with Crippen molar-refractivity contribution in [2.75, 3.05) is 18.8 Å². The predicted molar refractivity (Wildman–Crippen MR) is 57.9 cm³/mol. The van der Waals surface area contributed by atoms with E-state index in [1.54, 1.807) is 11.2 Å². The summed E-state index contributed by atoms with van der Waals surface area (Å²) in [5.41, 5.74) is -0.675. The third-order valence-corrected chi connectivity index (χ3v) is 5.38. The first kappa shape index (κ1) is 11.4. The van der Waals surface area contributed by atoms with Gasteiger partial charge in [-0.15, -0.1) is 0 Å². The molecule has 0 spiro atoms. The molecule has 1 aliphatic carbocycles. The highest BCUT2D eigenvalue weighted by Crippen LogP contribution is 2.32. The van der Waals surface area contributed by atoms with Crippen LogP contribution in [0.5, 0.6) is 0 Å². The summed E-state index contributed by atoms with van der Waals surface area (Å²) < 4.78 is 25.3. The molecule has 1 N–H and O–H groups in total. The number of hydrogen-bond acceptors (Lipinski definition) is 3. The van der Waals surface area contributed by atoms with Crippen LogP contribution in [0.3, 0.4) is 0 Å². The molecule has 2 rings (SSSR count). The molecule has 1 aliphatic heterocycles. The average molecular weight is 233 g/mol. The van der Waals surface area contributed by atoms with Gasteiger partial charge in [-0.1, -0.05) is 0 Å². The van der Waals surface area contributed by atoms with Crippen LogP contribution in [-0.2, 0) is 10.0 Å². The third kappa shape index (κ3) is 2.92. The Morgan fingerprint density at radius 1 is 1.33 bits per heavy atom. The van der Waals surface area contributed by atoms with Crippen LogP contribution in [0.1, 0.15) is 32.6 Å². The lowest BCUT2D eigenvalue weighted by molar-refractivity contribution is 0.0126. The van der Waals surface area contributed by atoms with Crippen LogP contribution in [0.4, 0.5) is 0 Å². The molecule has 4 nitrogen and oxygen atoms in total. The van der Waals surface area contributed by atoms with Crippen molar-refractivity contribution in [1.82, 2.24) is 4.31 Å². The van der Waals surface area contributed by atoms with Crippen LogP contribution < -0.4 is 0 Å². The summed E-state index contributed by atoms with van der Waals surface area (Å²) in [6.07, 6.45) is 3.23. The Bertz CT molecular complexity index is 323. The number of sulfonamides is 1. The fraction of sp³-hybridized carbons (Fsp3) is 1.00. The molecule has 0 unspecified atom stereocenters. The largest absolute Gasteiger partial charge is 0.390 e. The van der Waals surface area contributed by atoms with Crippen molar-refractivity contribution in [3.8, 4) is 0 Å². The van der Waals surface area contributed by atoms with Gasteiger partial charge in [0.25, 0.3) is 0 Å². The van der Waals surface area contributed by atoms with Crippen molar-refractivity contribution in [3.05, 3.63) is 0 Å². The van der Waals surface area contributed by atoms with E-state index in [0.29, 0.717) is 37.6 Å². The fourth-order valence-corrected chi connectivity index (χ4v) is 3.81. The lowest BCUT2D eigenvalue weighted by atomic mass is 9.95. The second kappa shape index (κ2) is 3.71. The molecular weight excluding hydrogens is 214 g/mol. The highest BCUT2D eigenvalue weighted by Gasteiger charge is 2.36. The summed E-state index contributed by atoms with van der Waals surface area (Å²) in [6, 6.07) is 0. The first-order chi connectivity index (χ1) is 6.89. The van der Waals surface area contributed by atoms with Gasteiger partial charge in [-0.05, 0) is 38.5 Å². The Morgan fingerprint density at radius 3 is 2.33 bits per heavy atom. The minimum Gasteiger partial charge on any atom is -0.390 e. The average Bonchev–Trinajstić information content (AvgIpc) is 2.86. The van der Waals surface area contributed by atoms with Gasteiger partial charge >= 0.3 is 0 Å². The molecule has 5 heteroatoms. The summed E-state index contributed by atoms with van der Waals surface area (Å²) in [6.45, 7) is 2.72. The minimum absolute atomic E-state index is 0.315. The van der Waals surface area contributed by atoms with Gasteiger partial charge in [-0.3, -0.25) is 0 Å². The molecule has 2 fully saturated rings. The lowest BCUT2D eigenvalue weighted by Gasteiger charge is -2.35. The molecule has 0 aromatic heterocycles. The Labute approximate surface area is 91.3 Å². The normalized spacial score (nSPS) is 27.9. The molecule has 1 saturated carbocycles. The van der Waals surface area contributed by atoms with Crippen molar-refractivity contribution < 1.29 is 13.5 Å². The second-order valence-electron chi connectivity index (χ2n) is 5.12. The molecule has 0 amide bonds. The van der Waals surface area contributed by atoms with Crippen LogP contribution in [0, 0.1) is 5.92 Å². The first-order valence-corrected chi connectivity index (χ1v) is 7.20. The topological polar surface area (TPSA) is 57.6 Å². The maximum absolute atomic E-state index is 11.9. The van der Waals surface area contributed by atoms with Crippen LogP contribution >= 0.6 is 0 Å². The van der Waals surface area contributed by atoms with E-state index in [4.69, 9.17) is 0 Å². The zero-order valence-electron chi connectivity index (χ0n) is 9.15. The van der Waals surface area contributed by atoms with Gasteiger partial charge in [0.1, 0.15) is 0 Å². The van der Waals surface area contributed by atoms with E-state index in [9.17, 15) is 13.5 Å². The quantitative estimate of drug-likeness (QED) is 0.775. The van der Waals surface area contributed by atoms with E-state index >= 15 is 0 Å². The molecule has 15 heavy (non-hydrogen) atoms. The van der Waals surface area contributed by atoms with E-state index in [0.717, 1.165) is 12.8 Å². The van der Waals surface area contributed by atoms with Gasteiger partial charge in [-0.25, -0.2) is 12.7 Å². The van der Waals surface area contributed by atoms with Gasteiger partial charge in [0.2, 0.25) is 10.0 Å². The Morgan fingerprint density at radius 2 is 1.87 bits per heavy atom. The zero-order valence-corrected chi connectivity index (χ0v) is 9.96. The van der Waals surface area contributed by atoms with Crippen LogP contribution in [0.25, 0.3) is 0 Å². The molecule has 0 atom stereocenters. The SMILES string of the molecule is CC1(O)CCN(S(=O)(=O)CC2CC2)CC1. The number of nitrogens with zero attached hydrogens (tertiary/aromatic N) is 1. The molecule has 0 radical (unpaired) electrons. The molecular formula is C10H19NO3S. The Kier molecular flexibility index (Phi) is 2.81. The predicted octanol–water partition coefficient (Wildman–Crippen LogP) is 0.573. The second-order valence-corrected chi connectivity index (χ2v) is 7.13. The summed E-state index contributed by atoms with van der Waals surface area (Å²) >= 11 is 0. The maximum atomic E-state index is 11.9. The van der Waals surface area contributed by atoms with E-state index < -0.39 is 15.6 Å². The summed E-state index contributed by atoms with van der Waals surface area (Å²) in [5.74, 6) is 0.715. The first-order valence-electron chi connectivity index (χ1n) is 5.59. The van der Waals surface area contributed by atoms with Gasteiger partial charge in [0, 0.05) is 13.1 Å². The molecule has 88 valence electrons. The smallest absolute Gasteiger partial charge is 0.214 e. The van der Waals surface area contributed by atoms with Crippen LogP contribution in [0.15, 0.2) is 0 Å². The fourth-order valence-electron chi connectivity index (χ4n) is 1.93. The van der Waals surface area contributed by atoms with Gasteiger partial charge < -0.3 is 5.11 Å². The van der Waals surface area contributed by atoms with Crippen molar-refractivity contribution in [2.45, 2.75) is 38.2 Å². The number of hydrogen-bond donors (Lipinski definition) is 1. The monoisotopic (exact) mass is 233 g/mol. The van der Waals surface area contributed by atoms with Crippen molar-refractivity contribution >= 4 is 10.0 Å². The highest BCUT2D eigenvalue weighted by molar-refractivity contribution is 7.89. The summed E-state index contributed by atoms with van der Waals surface area (Å²) in [4.78, 5) is 0. The van der Waals surface area contributed by atoms with E-state index in [1.807, 2.05) is 0 Å². The Balaban J connectivity index is 1.94. The zero-order chi connectivity index (χ0) is 11.1. The summed E-state index contributed by atoms with van der Waals surface area (Å²) in [5, 5.41) is 9.73. The maximum Gasteiger partial charge on any atom is 0.214 e. The van der Waals surface area contributed by atoms with Crippen molar-refractivity contribution in [1.29, 1.82) is 0 Å². The molecule has 1 saturated heterocycles. The molecule has 0 aromatic carbocycles. The van der Waals surface area contributed by atoms with Gasteiger partial charge in [0.05, 0.1) is 11.4 Å². The van der Waals surface area contributed by atoms with Gasteiger partial charge in [0.15, 0.2) is 0 Å². The molecule has 0 bridgehead atoms. The number of aliphatic hydroxyl groups is 1. The summed E-state index contributed by atoms with van der Waals surface area (Å²) in [7, 11) is -3.05. The van der Waals surface area contributed by atoms with E-state index in [1.165, 1.54) is 0 Å². The van der Waals surface area contributed by atoms with Crippen molar-refractivity contribution in [2.24, 2.45) is 5.92 Å². The lowest BCUT2D eigenvalue weighted by Crippen LogP contribution is -2.45. The highest BCUT2D eigenvalue weighted by atomic mass is 32.2. The number of piperidine rings is 1. The Hall–Kier alpha value is -0.130. The van der Waals surface area contributed by atoms with Gasteiger partial charge in [-0.2, -0.15) is 0 Å². The minimum atomic E-state index is -3.05. The number of rotatable bonds is 3. The van der Waals surface area contributed by atoms with E-state index in [2.05, 4.69) is 0 Å².